The van der Waals surface area contributed by atoms with Gasteiger partial charge >= 0.3 is 0 Å². The molecule has 2 aromatic rings. The highest BCUT2D eigenvalue weighted by Crippen LogP contribution is 2.21. The van der Waals surface area contributed by atoms with Gasteiger partial charge in [-0.05, 0) is 24.0 Å². The molecule has 8 nitrogen and oxygen atoms in total. The number of rotatable bonds is 9. The molecule has 0 aliphatic carbocycles. The van der Waals surface area contributed by atoms with E-state index >= 15 is 0 Å². The van der Waals surface area contributed by atoms with E-state index in [9.17, 15) is 14.4 Å². The Labute approximate surface area is 170 Å². The number of para-hydroxylation sites is 1. The highest BCUT2D eigenvalue weighted by Gasteiger charge is 2.29. The molecule has 2 rings (SSSR count). The van der Waals surface area contributed by atoms with E-state index in [1.54, 1.807) is 19.6 Å². The van der Waals surface area contributed by atoms with Crippen LogP contribution in [0.2, 0.25) is 0 Å². The maximum atomic E-state index is 12.9. The molecule has 1 aromatic carbocycles. The van der Waals surface area contributed by atoms with Crippen LogP contribution in [0.25, 0.3) is 10.9 Å². The average molecular weight is 402 g/mol. The van der Waals surface area contributed by atoms with Crippen molar-refractivity contribution in [3.05, 3.63) is 36.0 Å². The van der Waals surface area contributed by atoms with Gasteiger partial charge in [-0.3, -0.25) is 19.6 Å². The Balaban J connectivity index is 2.23. The number of nitrogens with one attached hydrogen (secondary N) is 3. The van der Waals surface area contributed by atoms with E-state index in [0.717, 1.165) is 16.5 Å². The number of nitrogens with zero attached hydrogens (tertiary/aromatic N) is 1. The molecule has 1 heterocycles. The monoisotopic (exact) mass is 402 g/mol. The molecule has 0 bridgehead atoms. The summed E-state index contributed by atoms with van der Waals surface area (Å²) in [6, 6.07) is 7.01. The first-order chi connectivity index (χ1) is 13.7. The zero-order chi connectivity index (χ0) is 21.6. The SMILES string of the molecule is CC(C)C[C@H](CC(=O)NO)C(=O)N[C@@H](Cc1c[nH]c2ccccc12)C(=O)N(C)C. The van der Waals surface area contributed by atoms with E-state index in [0.29, 0.717) is 12.8 Å². The smallest absolute Gasteiger partial charge is 0.244 e. The van der Waals surface area contributed by atoms with Gasteiger partial charge in [0.1, 0.15) is 6.04 Å². The van der Waals surface area contributed by atoms with Gasteiger partial charge in [0, 0.05) is 50.0 Å². The molecule has 0 saturated heterocycles. The maximum absolute atomic E-state index is 12.9. The van der Waals surface area contributed by atoms with Crippen LogP contribution in [0.3, 0.4) is 0 Å². The number of hydrogen-bond donors (Lipinski definition) is 4. The van der Waals surface area contributed by atoms with Crippen LogP contribution < -0.4 is 10.8 Å². The summed E-state index contributed by atoms with van der Waals surface area (Å²) in [6.07, 6.45) is 2.50. The van der Waals surface area contributed by atoms with E-state index in [4.69, 9.17) is 5.21 Å². The van der Waals surface area contributed by atoms with Crippen LogP contribution in [-0.4, -0.2) is 52.9 Å². The van der Waals surface area contributed by atoms with E-state index in [1.165, 1.54) is 4.90 Å². The predicted octanol–water partition coefficient (Wildman–Crippen LogP) is 1.84. The first kappa shape index (κ1) is 22.4. The highest BCUT2D eigenvalue weighted by atomic mass is 16.5. The van der Waals surface area contributed by atoms with Crippen molar-refractivity contribution in [3.63, 3.8) is 0 Å². The lowest BCUT2D eigenvalue weighted by Crippen LogP contribution is -2.49. The average Bonchev–Trinajstić information content (AvgIpc) is 3.08. The molecule has 0 spiro atoms. The summed E-state index contributed by atoms with van der Waals surface area (Å²) in [5.41, 5.74) is 3.46. The summed E-state index contributed by atoms with van der Waals surface area (Å²) in [7, 11) is 3.28. The van der Waals surface area contributed by atoms with Gasteiger partial charge in [0.25, 0.3) is 0 Å². The van der Waals surface area contributed by atoms with Crippen LogP contribution in [0, 0.1) is 11.8 Å². The molecular formula is C21H30N4O4. The Bertz CT molecular complexity index is 859. The molecule has 0 aliphatic rings. The number of carbonyl (C=O) groups is 3. The number of hydrogen-bond acceptors (Lipinski definition) is 4. The molecule has 0 saturated carbocycles. The Morgan fingerprint density at radius 3 is 2.48 bits per heavy atom. The number of hydroxylamine groups is 1. The number of aromatic amines is 1. The fourth-order valence-corrected chi connectivity index (χ4v) is 3.44. The lowest BCUT2D eigenvalue weighted by atomic mass is 9.92. The Kier molecular flexibility index (Phi) is 7.78. The number of H-pyrrole nitrogens is 1. The minimum atomic E-state index is -0.761. The molecule has 3 amide bonds. The van der Waals surface area contributed by atoms with Gasteiger partial charge in [-0.25, -0.2) is 5.48 Å². The zero-order valence-corrected chi connectivity index (χ0v) is 17.4. The minimum Gasteiger partial charge on any atom is -0.361 e. The molecule has 0 fully saturated rings. The third kappa shape index (κ3) is 6.05. The molecule has 2 atom stereocenters. The zero-order valence-electron chi connectivity index (χ0n) is 17.4. The number of aromatic nitrogens is 1. The predicted molar refractivity (Wildman–Crippen MR) is 110 cm³/mol. The number of benzene rings is 1. The maximum Gasteiger partial charge on any atom is 0.244 e. The number of likely N-dealkylation sites (N-methyl/N-ethyl adjacent to an activating group) is 1. The third-order valence-electron chi connectivity index (χ3n) is 4.84. The van der Waals surface area contributed by atoms with Crippen molar-refractivity contribution >= 4 is 28.6 Å². The molecule has 0 unspecified atom stereocenters. The largest absolute Gasteiger partial charge is 0.361 e. The highest BCUT2D eigenvalue weighted by molar-refractivity contribution is 5.91. The van der Waals surface area contributed by atoms with Gasteiger partial charge in [-0.1, -0.05) is 32.0 Å². The lowest BCUT2D eigenvalue weighted by molar-refractivity contribution is -0.138. The van der Waals surface area contributed by atoms with E-state index in [2.05, 4.69) is 10.3 Å². The second-order valence-corrected chi connectivity index (χ2v) is 7.92. The molecular weight excluding hydrogens is 372 g/mol. The summed E-state index contributed by atoms with van der Waals surface area (Å²) in [5, 5.41) is 12.6. The Morgan fingerprint density at radius 1 is 1.17 bits per heavy atom. The minimum absolute atomic E-state index is 0.142. The Morgan fingerprint density at radius 2 is 1.86 bits per heavy atom. The molecule has 158 valence electrons. The van der Waals surface area contributed by atoms with Gasteiger partial charge < -0.3 is 15.2 Å². The van der Waals surface area contributed by atoms with Gasteiger partial charge in [-0.15, -0.1) is 0 Å². The van der Waals surface area contributed by atoms with Crippen LogP contribution in [-0.2, 0) is 20.8 Å². The molecule has 0 aliphatic heterocycles. The van der Waals surface area contributed by atoms with Gasteiger partial charge in [0.15, 0.2) is 0 Å². The quantitative estimate of drug-likeness (QED) is 0.378. The second kappa shape index (κ2) is 10.1. The van der Waals surface area contributed by atoms with Crippen LogP contribution >= 0.6 is 0 Å². The van der Waals surface area contributed by atoms with Gasteiger partial charge in [-0.2, -0.15) is 0 Å². The van der Waals surface area contributed by atoms with Crippen LogP contribution in [0.4, 0.5) is 0 Å². The van der Waals surface area contributed by atoms with Crippen molar-refractivity contribution < 1.29 is 19.6 Å². The van der Waals surface area contributed by atoms with Crippen molar-refractivity contribution in [1.82, 2.24) is 20.7 Å². The van der Waals surface area contributed by atoms with Crippen LogP contribution in [0.5, 0.6) is 0 Å². The summed E-state index contributed by atoms with van der Waals surface area (Å²) in [4.78, 5) is 41.9. The molecule has 29 heavy (non-hydrogen) atoms. The molecule has 1 aromatic heterocycles. The first-order valence-corrected chi connectivity index (χ1v) is 9.72. The van der Waals surface area contributed by atoms with Crippen LogP contribution in [0.1, 0.15) is 32.3 Å². The third-order valence-corrected chi connectivity index (χ3v) is 4.84. The summed E-state index contributed by atoms with van der Waals surface area (Å²) in [5.74, 6) is -1.68. The number of amides is 3. The van der Waals surface area contributed by atoms with Crippen molar-refractivity contribution in [1.29, 1.82) is 0 Å². The first-order valence-electron chi connectivity index (χ1n) is 9.72. The Hall–Kier alpha value is -2.87. The summed E-state index contributed by atoms with van der Waals surface area (Å²) >= 11 is 0. The topological polar surface area (TPSA) is 115 Å². The lowest BCUT2D eigenvalue weighted by Gasteiger charge is -2.25. The fraction of sp³-hybridized carbons (Fsp3) is 0.476. The van der Waals surface area contributed by atoms with Gasteiger partial charge in [0.2, 0.25) is 17.7 Å². The fourth-order valence-electron chi connectivity index (χ4n) is 3.44. The van der Waals surface area contributed by atoms with Crippen LogP contribution in [0.15, 0.2) is 30.5 Å². The van der Waals surface area contributed by atoms with Crippen molar-refractivity contribution in [2.24, 2.45) is 11.8 Å². The molecule has 0 radical (unpaired) electrons. The van der Waals surface area contributed by atoms with Gasteiger partial charge in [0.05, 0.1) is 0 Å². The summed E-state index contributed by atoms with van der Waals surface area (Å²) in [6.45, 7) is 3.90. The molecule has 4 N–H and O–H groups in total. The van der Waals surface area contributed by atoms with E-state index in [-0.39, 0.29) is 24.2 Å². The number of fused-ring (bicyclic) bond motifs is 1. The van der Waals surface area contributed by atoms with E-state index in [1.807, 2.05) is 44.3 Å². The summed E-state index contributed by atoms with van der Waals surface area (Å²) < 4.78 is 0. The second-order valence-electron chi connectivity index (χ2n) is 7.92. The van der Waals surface area contributed by atoms with E-state index < -0.39 is 17.9 Å². The number of carbonyl (C=O) groups excluding carboxylic acids is 3. The van der Waals surface area contributed by atoms with Crippen molar-refractivity contribution in [2.45, 2.75) is 39.2 Å². The molecule has 8 heteroatoms. The normalized spacial score (nSPS) is 13.2. The van der Waals surface area contributed by atoms with Crippen molar-refractivity contribution in [3.8, 4) is 0 Å². The standard InChI is InChI=1S/C21H30N4O4/c1-13(2)9-14(11-19(26)24-29)20(27)23-18(21(28)25(3)4)10-15-12-22-17-8-6-5-7-16(15)17/h5-8,12-14,18,22,29H,9-11H2,1-4H3,(H,23,27)(H,24,26)/t14-,18+/m1/s1. The van der Waals surface area contributed by atoms with Crippen molar-refractivity contribution in [2.75, 3.05) is 14.1 Å².